The summed E-state index contributed by atoms with van der Waals surface area (Å²) < 4.78 is 31.4. The molecule has 1 amide bonds. The average Bonchev–Trinajstić information content (AvgIpc) is 3.25. The summed E-state index contributed by atoms with van der Waals surface area (Å²) in [6.45, 7) is 3.99. The van der Waals surface area contributed by atoms with E-state index in [1.54, 1.807) is 54.6 Å². The number of carbonyl (C=O) groups is 1. The Morgan fingerprint density at radius 3 is 2.61 bits per heavy atom. The maximum absolute atomic E-state index is 13.2. The molecule has 3 N–H and O–H groups in total. The number of carbonyl (C=O) groups excluding carboxylic acids is 1. The van der Waals surface area contributed by atoms with E-state index in [-0.39, 0.29) is 11.6 Å². The van der Waals surface area contributed by atoms with Crippen molar-refractivity contribution in [3.63, 3.8) is 0 Å². The van der Waals surface area contributed by atoms with Crippen LogP contribution in [-0.2, 0) is 11.2 Å². The zero-order chi connectivity index (χ0) is 23.4. The second-order valence-corrected chi connectivity index (χ2v) is 8.99. The van der Waals surface area contributed by atoms with Gasteiger partial charge in [-0.05, 0) is 71.5 Å². The van der Waals surface area contributed by atoms with Crippen LogP contribution in [0, 0.1) is 5.82 Å². The zero-order valence-electron chi connectivity index (χ0n) is 17.7. The Balaban J connectivity index is 1.53. The van der Waals surface area contributed by atoms with E-state index in [0.717, 1.165) is 11.1 Å². The summed E-state index contributed by atoms with van der Waals surface area (Å²) in [5.41, 5.74) is 8.94. The molecule has 1 atom stereocenters. The topological polar surface area (TPSA) is 104 Å². The summed E-state index contributed by atoms with van der Waals surface area (Å²) in [6.07, 6.45) is 0.686. The molecule has 0 aliphatic heterocycles. The average molecular weight is 464 g/mol. The fourth-order valence-corrected chi connectivity index (χ4v) is 4.48. The first-order chi connectivity index (χ1) is 15.9. The van der Waals surface area contributed by atoms with Gasteiger partial charge in [0.05, 0.1) is 11.4 Å². The van der Waals surface area contributed by atoms with Crippen LogP contribution < -0.4 is 11.1 Å². The number of benzene rings is 3. The Morgan fingerprint density at radius 2 is 1.85 bits per heavy atom. The van der Waals surface area contributed by atoms with Crippen LogP contribution in [0.25, 0.3) is 22.1 Å². The monoisotopic (exact) mass is 463 g/mol. The van der Waals surface area contributed by atoms with E-state index in [1.807, 2.05) is 0 Å². The summed E-state index contributed by atoms with van der Waals surface area (Å²) in [5, 5.41) is 3.45. The molecular formula is C25H22FN3O3S. The van der Waals surface area contributed by atoms with Crippen LogP contribution in [0.15, 0.2) is 81.0 Å². The Hall–Kier alpha value is -3.62. The number of nitrogens with two attached hydrogens (primary N) is 1. The van der Waals surface area contributed by atoms with Crippen molar-refractivity contribution in [2.24, 2.45) is 4.99 Å². The van der Waals surface area contributed by atoms with Crippen molar-refractivity contribution in [2.45, 2.75) is 11.3 Å². The molecule has 0 fully saturated rings. The largest absolute Gasteiger partial charge is 0.611 e. The summed E-state index contributed by atoms with van der Waals surface area (Å²) >= 11 is -1.17. The number of nitrogens with one attached hydrogen (secondary N) is 1. The first-order valence-corrected chi connectivity index (χ1v) is 11.6. The van der Waals surface area contributed by atoms with Gasteiger partial charge in [0, 0.05) is 24.4 Å². The fourth-order valence-electron chi connectivity index (χ4n) is 3.37. The minimum Gasteiger partial charge on any atom is -0.611 e. The van der Waals surface area contributed by atoms with E-state index in [9.17, 15) is 13.7 Å². The Morgan fingerprint density at radius 1 is 1.09 bits per heavy atom. The molecule has 1 heterocycles. The lowest BCUT2D eigenvalue weighted by Gasteiger charge is -2.10. The molecule has 0 spiro atoms. The number of furan rings is 1. The number of nitrogens with zero attached hydrogens (tertiary/aromatic N) is 1. The Labute approximate surface area is 193 Å². The van der Waals surface area contributed by atoms with E-state index in [0.29, 0.717) is 46.0 Å². The lowest BCUT2D eigenvalue weighted by molar-refractivity contribution is 0.0998. The molecule has 4 rings (SSSR count). The predicted molar refractivity (Wildman–Crippen MR) is 131 cm³/mol. The quantitative estimate of drug-likeness (QED) is 0.161. The maximum Gasteiger partial charge on any atom is 0.291 e. The number of fused-ring (bicyclic) bond motifs is 1. The number of halogens is 1. The minimum atomic E-state index is -1.17. The molecule has 0 aliphatic carbocycles. The van der Waals surface area contributed by atoms with Crippen LogP contribution >= 0.6 is 0 Å². The number of hydrogen-bond donors (Lipinski definition) is 2. The molecule has 3 aromatic carbocycles. The van der Waals surface area contributed by atoms with Crippen molar-refractivity contribution in [3.8, 4) is 11.1 Å². The van der Waals surface area contributed by atoms with Gasteiger partial charge in [-0.25, -0.2) is 4.39 Å². The van der Waals surface area contributed by atoms with Crippen molar-refractivity contribution in [2.75, 3.05) is 23.3 Å². The third-order valence-electron chi connectivity index (χ3n) is 5.10. The minimum absolute atomic E-state index is 0.107. The second kappa shape index (κ2) is 9.89. The molecule has 0 saturated heterocycles. The van der Waals surface area contributed by atoms with Gasteiger partial charge in [-0.2, -0.15) is 0 Å². The Kier molecular flexibility index (Phi) is 6.76. The highest BCUT2D eigenvalue weighted by atomic mass is 32.2. The van der Waals surface area contributed by atoms with Gasteiger partial charge in [-0.1, -0.05) is 18.2 Å². The van der Waals surface area contributed by atoms with Gasteiger partial charge in [0.1, 0.15) is 17.2 Å². The van der Waals surface area contributed by atoms with Gasteiger partial charge < -0.3 is 25.0 Å². The second-order valence-electron chi connectivity index (χ2n) is 7.42. The van der Waals surface area contributed by atoms with Crippen LogP contribution in [0.4, 0.5) is 15.8 Å². The molecule has 6 nitrogen and oxygen atoms in total. The summed E-state index contributed by atoms with van der Waals surface area (Å²) in [4.78, 5) is 17.3. The first kappa shape index (κ1) is 22.6. The van der Waals surface area contributed by atoms with Crippen LogP contribution in [0.5, 0.6) is 0 Å². The maximum atomic E-state index is 13.2. The molecule has 168 valence electrons. The summed E-state index contributed by atoms with van der Waals surface area (Å²) in [7, 11) is 0. The number of anilines is 2. The van der Waals surface area contributed by atoms with E-state index in [1.165, 1.54) is 12.1 Å². The number of rotatable bonds is 8. The highest BCUT2D eigenvalue weighted by Gasteiger charge is 2.17. The van der Waals surface area contributed by atoms with Crippen LogP contribution in [0.1, 0.15) is 17.0 Å². The molecular weight excluding hydrogens is 441 g/mol. The van der Waals surface area contributed by atoms with Crippen LogP contribution in [-0.4, -0.2) is 29.5 Å². The third kappa shape index (κ3) is 5.24. The smallest absolute Gasteiger partial charge is 0.291 e. The van der Waals surface area contributed by atoms with Crippen LogP contribution in [0.2, 0.25) is 0 Å². The van der Waals surface area contributed by atoms with Crippen molar-refractivity contribution in [3.05, 3.63) is 78.3 Å². The zero-order valence-corrected chi connectivity index (χ0v) is 18.5. The van der Waals surface area contributed by atoms with E-state index in [4.69, 9.17) is 10.2 Å². The van der Waals surface area contributed by atoms with Gasteiger partial charge in [0.15, 0.2) is 10.7 Å². The highest BCUT2D eigenvalue weighted by Crippen LogP contribution is 2.29. The van der Waals surface area contributed by atoms with Gasteiger partial charge in [0.25, 0.3) is 5.91 Å². The molecule has 0 bridgehead atoms. The molecule has 1 unspecified atom stereocenters. The van der Waals surface area contributed by atoms with E-state index in [2.05, 4.69) is 17.0 Å². The fraction of sp³-hybridized carbons (Fsp3) is 0.120. The highest BCUT2D eigenvalue weighted by molar-refractivity contribution is 7.91. The SMILES string of the molecule is C=NCCC[S+]([O-])c1ccc2oc(C(=O)Nc3cc(-c4ccc(F)cc4)ccc3N)cc2c1. The van der Waals surface area contributed by atoms with E-state index >= 15 is 0 Å². The number of nitrogen functional groups attached to an aromatic ring is 1. The standard InChI is InChI=1S/C25H22FN3O3S/c1-28-11-2-12-33(31)20-8-10-23-18(13-20)15-24(32-23)25(30)29-22-14-17(5-9-21(22)27)16-3-6-19(26)7-4-16/h3-10,13-15H,1-2,11-12,27H2,(H,29,30). The molecule has 8 heteroatoms. The normalized spacial score (nSPS) is 11.9. The van der Waals surface area contributed by atoms with Gasteiger partial charge >= 0.3 is 0 Å². The molecule has 1 aromatic heterocycles. The number of hydrogen-bond acceptors (Lipinski definition) is 5. The molecule has 0 saturated carbocycles. The molecule has 4 aromatic rings. The van der Waals surface area contributed by atoms with Crippen molar-refractivity contribution >= 4 is 46.1 Å². The van der Waals surface area contributed by atoms with Crippen LogP contribution in [0.3, 0.4) is 0 Å². The molecule has 0 aliphatic rings. The van der Waals surface area contributed by atoms with Crippen molar-refractivity contribution in [1.82, 2.24) is 0 Å². The van der Waals surface area contributed by atoms with Crippen molar-refractivity contribution in [1.29, 1.82) is 0 Å². The summed E-state index contributed by atoms with van der Waals surface area (Å²) in [6, 6.07) is 18.1. The lowest BCUT2D eigenvalue weighted by Crippen LogP contribution is -2.12. The van der Waals surface area contributed by atoms with Crippen molar-refractivity contribution < 1.29 is 18.2 Å². The van der Waals surface area contributed by atoms with E-state index < -0.39 is 17.1 Å². The van der Waals surface area contributed by atoms with Gasteiger partial charge in [-0.3, -0.25) is 4.79 Å². The first-order valence-electron chi connectivity index (χ1n) is 10.3. The number of aliphatic imine (C=N–C) groups is 1. The lowest BCUT2D eigenvalue weighted by atomic mass is 10.0. The third-order valence-corrected chi connectivity index (χ3v) is 6.54. The predicted octanol–water partition coefficient (Wildman–Crippen LogP) is 5.27. The molecule has 33 heavy (non-hydrogen) atoms. The molecule has 0 radical (unpaired) electrons. The summed E-state index contributed by atoms with van der Waals surface area (Å²) in [5.74, 6) is -0.197. The van der Waals surface area contributed by atoms with Gasteiger partial charge in [0.2, 0.25) is 0 Å². The Bertz CT molecular complexity index is 1300. The van der Waals surface area contributed by atoms with Gasteiger partial charge in [-0.15, -0.1) is 0 Å². The number of amides is 1.